The molecule has 0 spiro atoms. The maximum Gasteiger partial charge on any atom is 0.190 e. The number of hydrogen-bond donors (Lipinski definition) is 0. The van der Waals surface area contributed by atoms with Gasteiger partial charge in [0, 0.05) is 19.0 Å². The molecule has 0 unspecified atom stereocenters. The molecule has 5 heteroatoms. The molecule has 0 radical (unpaired) electrons. The summed E-state index contributed by atoms with van der Waals surface area (Å²) in [5.74, 6) is 0.866. The van der Waals surface area contributed by atoms with Crippen LogP contribution in [0, 0.1) is 0 Å². The van der Waals surface area contributed by atoms with Gasteiger partial charge in [-0.25, -0.2) is 4.99 Å². The number of nitrogens with zero attached hydrogens (tertiary/aromatic N) is 2. The topological polar surface area (TPSA) is 35.8 Å². The van der Waals surface area contributed by atoms with E-state index >= 15 is 0 Å². The van der Waals surface area contributed by atoms with Crippen molar-refractivity contribution in [3.8, 4) is 17.0 Å². The van der Waals surface area contributed by atoms with Crippen molar-refractivity contribution in [3.63, 3.8) is 0 Å². The largest absolute Gasteiger partial charge is 0.494 e. The van der Waals surface area contributed by atoms with E-state index in [0.717, 1.165) is 28.5 Å². The van der Waals surface area contributed by atoms with Gasteiger partial charge in [0.15, 0.2) is 4.80 Å². The Morgan fingerprint density at radius 1 is 1.04 bits per heavy atom. The summed E-state index contributed by atoms with van der Waals surface area (Å²) in [5, 5.41) is 2.15. The SMILES string of the molecule is CCOc1ccc(N=c2scc(-c3ccccc3)n2CCOC)cc1. The van der Waals surface area contributed by atoms with Crippen LogP contribution < -0.4 is 9.54 Å². The zero-order valence-electron chi connectivity index (χ0n) is 14.5. The first kappa shape index (κ1) is 17.5. The molecular weight excluding hydrogens is 332 g/mol. The highest BCUT2D eigenvalue weighted by atomic mass is 32.1. The number of aromatic nitrogens is 1. The number of thiazole rings is 1. The number of hydrogen-bond acceptors (Lipinski definition) is 4. The van der Waals surface area contributed by atoms with Crippen molar-refractivity contribution in [2.45, 2.75) is 13.5 Å². The predicted octanol–water partition coefficient (Wildman–Crippen LogP) is 4.49. The van der Waals surface area contributed by atoms with E-state index in [4.69, 9.17) is 14.5 Å². The van der Waals surface area contributed by atoms with Crippen molar-refractivity contribution in [2.75, 3.05) is 20.3 Å². The Balaban J connectivity index is 1.98. The molecule has 3 rings (SSSR count). The lowest BCUT2D eigenvalue weighted by Gasteiger charge is -2.08. The molecule has 0 atom stereocenters. The van der Waals surface area contributed by atoms with Gasteiger partial charge < -0.3 is 14.0 Å². The zero-order valence-corrected chi connectivity index (χ0v) is 15.3. The van der Waals surface area contributed by atoms with Crippen molar-refractivity contribution < 1.29 is 9.47 Å². The second kappa shape index (κ2) is 8.65. The first-order valence-corrected chi connectivity index (χ1v) is 9.20. The summed E-state index contributed by atoms with van der Waals surface area (Å²) in [6.45, 7) is 4.06. The van der Waals surface area contributed by atoms with Gasteiger partial charge in [0.25, 0.3) is 0 Å². The van der Waals surface area contributed by atoms with E-state index in [1.54, 1.807) is 18.4 Å². The second-order valence-electron chi connectivity index (χ2n) is 5.45. The highest BCUT2D eigenvalue weighted by Crippen LogP contribution is 2.21. The van der Waals surface area contributed by atoms with Crippen molar-refractivity contribution in [1.29, 1.82) is 0 Å². The lowest BCUT2D eigenvalue weighted by Crippen LogP contribution is -2.18. The Morgan fingerprint density at radius 2 is 1.80 bits per heavy atom. The van der Waals surface area contributed by atoms with Crippen LogP contribution in [0.3, 0.4) is 0 Å². The smallest absolute Gasteiger partial charge is 0.190 e. The number of benzene rings is 2. The lowest BCUT2D eigenvalue weighted by atomic mass is 10.2. The molecule has 0 aliphatic rings. The van der Waals surface area contributed by atoms with Gasteiger partial charge in [-0.15, -0.1) is 11.3 Å². The second-order valence-corrected chi connectivity index (χ2v) is 6.29. The summed E-state index contributed by atoms with van der Waals surface area (Å²) in [5.41, 5.74) is 3.26. The average molecular weight is 354 g/mol. The molecule has 0 aliphatic heterocycles. The minimum Gasteiger partial charge on any atom is -0.494 e. The average Bonchev–Trinajstić information content (AvgIpc) is 3.05. The van der Waals surface area contributed by atoms with E-state index in [1.807, 2.05) is 37.3 Å². The standard InChI is InChI=1S/C20H22N2O2S/c1-3-24-18-11-9-17(10-12-18)21-20-22(13-14-23-2)19(15-25-20)16-7-5-4-6-8-16/h4-12,15H,3,13-14H2,1-2H3. The Labute approximate surface area is 152 Å². The Kier molecular flexibility index (Phi) is 6.04. The van der Waals surface area contributed by atoms with Crippen LogP contribution in [0.5, 0.6) is 5.75 Å². The van der Waals surface area contributed by atoms with E-state index in [0.29, 0.717) is 13.2 Å². The highest BCUT2D eigenvalue weighted by molar-refractivity contribution is 7.07. The third kappa shape index (κ3) is 4.38. The van der Waals surface area contributed by atoms with Crippen LogP contribution in [0.4, 0.5) is 5.69 Å². The van der Waals surface area contributed by atoms with E-state index < -0.39 is 0 Å². The molecule has 25 heavy (non-hydrogen) atoms. The van der Waals surface area contributed by atoms with E-state index in [2.05, 4.69) is 34.2 Å². The lowest BCUT2D eigenvalue weighted by molar-refractivity contribution is 0.187. The Hall–Kier alpha value is -2.37. The fourth-order valence-corrected chi connectivity index (χ4v) is 3.51. The molecular formula is C20H22N2O2S. The fraction of sp³-hybridized carbons (Fsp3) is 0.250. The minimum atomic E-state index is 0.646. The molecule has 2 aromatic carbocycles. The van der Waals surface area contributed by atoms with Crippen molar-refractivity contribution in [1.82, 2.24) is 4.57 Å². The summed E-state index contributed by atoms with van der Waals surface area (Å²) >= 11 is 1.64. The summed E-state index contributed by atoms with van der Waals surface area (Å²) < 4.78 is 13.0. The monoisotopic (exact) mass is 354 g/mol. The van der Waals surface area contributed by atoms with Gasteiger partial charge in [0.05, 0.1) is 24.6 Å². The molecule has 1 aromatic heterocycles. The van der Waals surface area contributed by atoms with Crippen molar-refractivity contribution in [3.05, 3.63) is 64.8 Å². The molecule has 0 N–H and O–H groups in total. The summed E-state index contributed by atoms with van der Waals surface area (Å²) in [6.07, 6.45) is 0. The summed E-state index contributed by atoms with van der Waals surface area (Å²) in [6, 6.07) is 18.2. The molecule has 0 amide bonds. The van der Waals surface area contributed by atoms with Crippen LogP contribution in [0.1, 0.15) is 6.92 Å². The molecule has 0 saturated carbocycles. The maximum absolute atomic E-state index is 5.49. The molecule has 0 saturated heterocycles. The van der Waals surface area contributed by atoms with Gasteiger partial charge in [-0.05, 0) is 36.8 Å². The van der Waals surface area contributed by atoms with Crippen molar-refractivity contribution in [2.24, 2.45) is 4.99 Å². The van der Waals surface area contributed by atoms with Crippen LogP contribution >= 0.6 is 11.3 Å². The third-order valence-electron chi connectivity index (χ3n) is 3.76. The minimum absolute atomic E-state index is 0.646. The molecule has 1 heterocycles. The summed E-state index contributed by atoms with van der Waals surface area (Å²) in [7, 11) is 1.72. The van der Waals surface area contributed by atoms with Crippen LogP contribution in [0.25, 0.3) is 11.3 Å². The van der Waals surface area contributed by atoms with Gasteiger partial charge in [-0.3, -0.25) is 0 Å². The zero-order chi connectivity index (χ0) is 17.5. The van der Waals surface area contributed by atoms with Crippen LogP contribution in [-0.4, -0.2) is 24.9 Å². The van der Waals surface area contributed by atoms with E-state index in [-0.39, 0.29) is 0 Å². The summed E-state index contributed by atoms with van der Waals surface area (Å²) in [4.78, 5) is 5.77. The Morgan fingerprint density at radius 3 is 2.48 bits per heavy atom. The highest BCUT2D eigenvalue weighted by Gasteiger charge is 2.07. The van der Waals surface area contributed by atoms with Crippen molar-refractivity contribution >= 4 is 17.0 Å². The number of rotatable bonds is 7. The fourth-order valence-electron chi connectivity index (χ4n) is 2.55. The molecule has 0 aliphatic carbocycles. The van der Waals surface area contributed by atoms with Gasteiger partial charge in [0.1, 0.15) is 5.75 Å². The van der Waals surface area contributed by atoms with Gasteiger partial charge >= 0.3 is 0 Å². The predicted molar refractivity (Wildman–Crippen MR) is 102 cm³/mol. The molecule has 4 nitrogen and oxygen atoms in total. The number of ether oxygens (including phenoxy) is 2. The van der Waals surface area contributed by atoms with Crippen LogP contribution in [0.2, 0.25) is 0 Å². The van der Waals surface area contributed by atoms with Gasteiger partial charge in [-0.1, -0.05) is 30.3 Å². The normalized spacial score (nSPS) is 11.7. The van der Waals surface area contributed by atoms with Gasteiger partial charge in [-0.2, -0.15) is 0 Å². The Bertz CT molecular complexity index is 851. The molecule has 0 bridgehead atoms. The van der Waals surface area contributed by atoms with Gasteiger partial charge in [0.2, 0.25) is 0 Å². The quantitative estimate of drug-likeness (QED) is 0.626. The molecule has 3 aromatic rings. The molecule has 130 valence electrons. The first-order chi connectivity index (χ1) is 12.3. The maximum atomic E-state index is 5.49. The van der Waals surface area contributed by atoms with Crippen LogP contribution in [-0.2, 0) is 11.3 Å². The van der Waals surface area contributed by atoms with E-state index in [1.165, 1.54) is 5.56 Å². The molecule has 0 fully saturated rings. The number of methoxy groups -OCH3 is 1. The van der Waals surface area contributed by atoms with E-state index in [9.17, 15) is 0 Å². The third-order valence-corrected chi connectivity index (χ3v) is 4.62. The van der Waals surface area contributed by atoms with Crippen LogP contribution in [0.15, 0.2) is 65.0 Å². The first-order valence-electron chi connectivity index (χ1n) is 8.32.